The monoisotopic (exact) mass is 382 g/mol. The Balaban J connectivity index is 1.57. The molecule has 5 nitrogen and oxygen atoms in total. The summed E-state index contributed by atoms with van der Waals surface area (Å²) in [7, 11) is 0. The number of amides is 1. The Hall–Kier alpha value is -3.39. The molecule has 1 amide bonds. The van der Waals surface area contributed by atoms with Crippen molar-refractivity contribution < 1.29 is 13.6 Å². The molecule has 4 aromatic rings. The first kappa shape index (κ1) is 17.0. The van der Waals surface area contributed by atoms with Crippen LogP contribution < -0.4 is 5.32 Å². The fourth-order valence-corrected chi connectivity index (χ4v) is 3.35. The number of benzene rings is 2. The van der Waals surface area contributed by atoms with E-state index in [1.807, 2.05) is 0 Å². The Bertz CT molecular complexity index is 1100. The van der Waals surface area contributed by atoms with Gasteiger partial charge in [0.25, 0.3) is 5.91 Å². The topological polar surface area (TPSA) is 70.7 Å². The molecule has 2 N–H and O–H groups in total. The van der Waals surface area contributed by atoms with Crippen LogP contribution in [0.25, 0.3) is 21.8 Å². The summed E-state index contributed by atoms with van der Waals surface area (Å²) in [5, 5.41) is 11.5. The van der Waals surface area contributed by atoms with Crippen molar-refractivity contribution in [3.8, 4) is 21.8 Å². The number of halogens is 2. The number of thiazole rings is 1. The van der Waals surface area contributed by atoms with Crippen LogP contribution >= 0.6 is 11.3 Å². The number of aromatic amines is 1. The van der Waals surface area contributed by atoms with Crippen molar-refractivity contribution in [3.05, 3.63) is 77.4 Å². The lowest BCUT2D eigenvalue weighted by Gasteiger charge is -2.05. The molecular weight excluding hydrogens is 370 g/mol. The third-order valence-electron chi connectivity index (χ3n) is 3.86. The second-order valence-electron chi connectivity index (χ2n) is 5.64. The first-order valence-corrected chi connectivity index (χ1v) is 8.81. The van der Waals surface area contributed by atoms with Gasteiger partial charge in [0, 0.05) is 16.5 Å². The maximum absolute atomic E-state index is 14.0. The highest BCUT2D eigenvalue weighted by Crippen LogP contribution is 2.29. The Morgan fingerprint density at radius 2 is 1.85 bits per heavy atom. The van der Waals surface area contributed by atoms with Crippen LogP contribution in [0.1, 0.15) is 10.5 Å². The molecule has 0 aliphatic heterocycles. The van der Waals surface area contributed by atoms with Gasteiger partial charge in [-0.3, -0.25) is 9.89 Å². The Morgan fingerprint density at radius 3 is 2.63 bits per heavy atom. The number of carbonyl (C=O) groups excluding carboxylic acids is 1. The highest BCUT2D eigenvalue weighted by molar-refractivity contribution is 7.13. The van der Waals surface area contributed by atoms with Crippen LogP contribution in [-0.4, -0.2) is 21.1 Å². The molecule has 0 fully saturated rings. The highest BCUT2D eigenvalue weighted by atomic mass is 32.1. The largest absolute Gasteiger partial charge is 0.317 e. The van der Waals surface area contributed by atoms with E-state index in [0.29, 0.717) is 22.0 Å². The molecule has 8 heteroatoms. The Labute approximate surface area is 156 Å². The number of nitrogens with zero attached hydrogens (tertiary/aromatic N) is 2. The van der Waals surface area contributed by atoms with E-state index in [-0.39, 0.29) is 11.5 Å². The van der Waals surface area contributed by atoms with E-state index >= 15 is 0 Å². The molecule has 0 unspecified atom stereocenters. The highest BCUT2D eigenvalue weighted by Gasteiger charge is 2.17. The lowest BCUT2D eigenvalue weighted by molar-refractivity contribution is 0.102. The second kappa shape index (κ2) is 7.08. The van der Waals surface area contributed by atoms with Gasteiger partial charge in [0.2, 0.25) is 0 Å². The minimum Gasteiger partial charge on any atom is -0.317 e. The summed E-state index contributed by atoms with van der Waals surface area (Å²) in [4.78, 5) is 16.8. The average molecular weight is 382 g/mol. The zero-order valence-corrected chi connectivity index (χ0v) is 14.6. The standard InChI is InChI=1S/C19H12F2N4OS/c20-12-7-5-11(6-8-12)19-24-16(10-27-19)18(26)23-15-9-22-25-17(15)13-3-1-2-4-14(13)21/h1-10H,(H,22,25)(H,23,26). The van der Waals surface area contributed by atoms with E-state index in [9.17, 15) is 13.6 Å². The fraction of sp³-hybridized carbons (Fsp3) is 0. The van der Waals surface area contributed by atoms with Crippen LogP contribution in [-0.2, 0) is 0 Å². The summed E-state index contributed by atoms with van der Waals surface area (Å²) in [5.74, 6) is -1.21. The number of hydrogen-bond donors (Lipinski definition) is 2. The molecule has 0 radical (unpaired) electrons. The number of rotatable bonds is 4. The van der Waals surface area contributed by atoms with Crippen molar-refractivity contribution in [1.29, 1.82) is 0 Å². The number of carbonyl (C=O) groups is 1. The van der Waals surface area contributed by atoms with Gasteiger partial charge in [0.05, 0.1) is 17.6 Å². The minimum absolute atomic E-state index is 0.208. The molecule has 2 heterocycles. The summed E-state index contributed by atoms with van der Waals surface area (Å²) < 4.78 is 27.1. The van der Waals surface area contributed by atoms with Crippen molar-refractivity contribution in [2.45, 2.75) is 0 Å². The normalized spacial score (nSPS) is 10.7. The molecule has 2 aromatic heterocycles. The number of hydrogen-bond acceptors (Lipinski definition) is 4. The zero-order valence-electron chi connectivity index (χ0n) is 13.7. The summed E-state index contributed by atoms with van der Waals surface area (Å²) in [6.45, 7) is 0. The maximum Gasteiger partial charge on any atom is 0.275 e. The quantitative estimate of drug-likeness (QED) is 0.536. The number of H-pyrrole nitrogens is 1. The molecule has 2 aromatic carbocycles. The van der Waals surface area contributed by atoms with E-state index < -0.39 is 11.7 Å². The van der Waals surface area contributed by atoms with Gasteiger partial charge in [-0.1, -0.05) is 12.1 Å². The number of anilines is 1. The van der Waals surface area contributed by atoms with Crippen molar-refractivity contribution in [2.75, 3.05) is 5.32 Å². The van der Waals surface area contributed by atoms with Gasteiger partial charge in [0.1, 0.15) is 22.3 Å². The molecule has 27 heavy (non-hydrogen) atoms. The summed E-state index contributed by atoms with van der Waals surface area (Å²) in [6.07, 6.45) is 1.41. The molecule has 4 rings (SSSR count). The van der Waals surface area contributed by atoms with Crippen LogP contribution in [0.4, 0.5) is 14.5 Å². The van der Waals surface area contributed by atoms with E-state index in [0.717, 1.165) is 5.56 Å². The van der Waals surface area contributed by atoms with Crippen LogP contribution in [0.2, 0.25) is 0 Å². The summed E-state index contributed by atoms with van der Waals surface area (Å²) in [5.41, 5.74) is 1.95. The van der Waals surface area contributed by atoms with Gasteiger partial charge in [-0.15, -0.1) is 11.3 Å². The van der Waals surface area contributed by atoms with Crippen molar-refractivity contribution in [3.63, 3.8) is 0 Å². The summed E-state index contributed by atoms with van der Waals surface area (Å²) >= 11 is 1.27. The van der Waals surface area contributed by atoms with E-state index in [2.05, 4.69) is 20.5 Å². The fourth-order valence-electron chi connectivity index (χ4n) is 2.54. The summed E-state index contributed by atoms with van der Waals surface area (Å²) in [6, 6.07) is 12.1. The predicted molar refractivity (Wildman–Crippen MR) is 99.4 cm³/mol. The third kappa shape index (κ3) is 3.47. The molecule has 0 atom stereocenters. The van der Waals surface area contributed by atoms with Crippen LogP contribution in [0.5, 0.6) is 0 Å². The maximum atomic E-state index is 14.0. The number of aromatic nitrogens is 3. The van der Waals surface area contributed by atoms with E-state index in [4.69, 9.17) is 0 Å². The molecule has 0 aliphatic rings. The van der Waals surface area contributed by atoms with Gasteiger partial charge in [0.15, 0.2) is 0 Å². The first-order chi connectivity index (χ1) is 13.1. The zero-order chi connectivity index (χ0) is 18.8. The number of nitrogens with one attached hydrogen (secondary N) is 2. The van der Waals surface area contributed by atoms with Crippen molar-refractivity contribution in [1.82, 2.24) is 15.2 Å². The van der Waals surface area contributed by atoms with Crippen LogP contribution in [0, 0.1) is 11.6 Å². The molecule has 134 valence electrons. The van der Waals surface area contributed by atoms with Crippen LogP contribution in [0.15, 0.2) is 60.1 Å². The van der Waals surface area contributed by atoms with Crippen LogP contribution in [0.3, 0.4) is 0 Å². The van der Waals surface area contributed by atoms with Gasteiger partial charge < -0.3 is 5.32 Å². The van der Waals surface area contributed by atoms with Gasteiger partial charge in [-0.05, 0) is 36.4 Å². The minimum atomic E-state index is -0.446. The van der Waals surface area contributed by atoms with Gasteiger partial charge >= 0.3 is 0 Å². The smallest absolute Gasteiger partial charge is 0.275 e. The third-order valence-corrected chi connectivity index (χ3v) is 4.75. The SMILES string of the molecule is O=C(Nc1cn[nH]c1-c1ccccc1F)c1csc(-c2ccc(F)cc2)n1. The second-order valence-corrected chi connectivity index (χ2v) is 6.50. The van der Waals surface area contributed by atoms with Gasteiger partial charge in [-0.25, -0.2) is 13.8 Å². The van der Waals surface area contributed by atoms with Gasteiger partial charge in [-0.2, -0.15) is 5.10 Å². The van der Waals surface area contributed by atoms with E-state index in [1.54, 1.807) is 35.7 Å². The predicted octanol–water partition coefficient (Wildman–Crippen LogP) is 4.73. The average Bonchev–Trinajstić information content (AvgIpc) is 3.32. The first-order valence-electron chi connectivity index (χ1n) is 7.93. The Morgan fingerprint density at radius 1 is 1.07 bits per heavy atom. The Kier molecular flexibility index (Phi) is 4.47. The molecule has 0 bridgehead atoms. The molecule has 0 saturated heterocycles. The van der Waals surface area contributed by atoms with Crippen molar-refractivity contribution >= 4 is 22.9 Å². The lowest BCUT2D eigenvalue weighted by Crippen LogP contribution is -2.12. The van der Waals surface area contributed by atoms with Crippen molar-refractivity contribution in [2.24, 2.45) is 0 Å². The molecule has 0 aliphatic carbocycles. The molecular formula is C19H12F2N4OS. The molecule has 0 saturated carbocycles. The lowest BCUT2D eigenvalue weighted by atomic mass is 10.1. The van der Waals surface area contributed by atoms with E-state index in [1.165, 1.54) is 35.7 Å². The molecule has 0 spiro atoms.